The number of hydrogen-bond acceptors (Lipinski definition) is 4. The number of hydrogen-bond donors (Lipinski definition) is 3. The lowest BCUT2D eigenvalue weighted by Crippen LogP contribution is -2.12. The number of nitrogens with two attached hydrogens (primary N) is 1. The number of aryl methyl sites for hydroxylation is 2. The second-order valence-electron chi connectivity index (χ2n) is 4.44. The number of thiocarbonyl (C=S) groups is 1. The van der Waals surface area contributed by atoms with E-state index < -0.39 is 0 Å². The molecule has 1 aromatic carbocycles. The molecule has 0 saturated heterocycles. The first kappa shape index (κ1) is 18.5. The number of anilines is 1. The highest BCUT2D eigenvalue weighted by Gasteiger charge is 2.02. The summed E-state index contributed by atoms with van der Waals surface area (Å²) < 4.78 is 0. The maximum Gasteiger partial charge on any atom is 0.0669 e. The second kappa shape index (κ2) is 11.4. The van der Waals surface area contributed by atoms with Gasteiger partial charge < -0.3 is 16.4 Å². The number of rotatable bonds is 6. The van der Waals surface area contributed by atoms with E-state index in [1.54, 1.807) is 0 Å². The zero-order chi connectivity index (χ0) is 15.4. The van der Waals surface area contributed by atoms with E-state index in [1.165, 1.54) is 5.49 Å². The van der Waals surface area contributed by atoms with Gasteiger partial charge in [-0.2, -0.15) is 5.26 Å². The van der Waals surface area contributed by atoms with Crippen LogP contribution in [0.4, 0.5) is 5.69 Å². The van der Waals surface area contributed by atoms with E-state index in [0.29, 0.717) is 6.42 Å². The fourth-order valence-corrected chi connectivity index (χ4v) is 1.78. The van der Waals surface area contributed by atoms with Gasteiger partial charge in [-0.1, -0.05) is 18.3 Å². The predicted octanol–water partition coefficient (Wildman–Crippen LogP) is 2.29. The number of nitrogens with one attached hydrogen (secondary N) is 2. The van der Waals surface area contributed by atoms with Crippen LogP contribution in [0.25, 0.3) is 0 Å². The Hall–Kier alpha value is -1.48. The molecule has 0 fully saturated rings. The highest BCUT2D eigenvalue weighted by Crippen LogP contribution is 2.20. The van der Waals surface area contributed by atoms with Crippen molar-refractivity contribution in [3.05, 3.63) is 28.8 Å². The van der Waals surface area contributed by atoms with Crippen LogP contribution in [0.1, 0.15) is 23.1 Å². The molecule has 0 aliphatic carbocycles. The van der Waals surface area contributed by atoms with Crippen molar-refractivity contribution in [3.63, 3.8) is 0 Å². The summed E-state index contributed by atoms with van der Waals surface area (Å²) in [4.78, 5) is 0. The van der Waals surface area contributed by atoms with Gasteiger partial charge in [-0.05, 0) is 63.2 Å². The van der Waals surface area contributed by atoms with Crippen LogP contribution in [-0.4, -0.2) is 25.6 Å². The summed E-state index contributed by atoms with van der Waals surface area (Å²) in [5, 5.41) is 14.6. The van der Waals surface area contributed by atoms with Gasteiger partial charge in [-0.3, -0.25) is 0 Å². The Labute approximate surface area is 127 Å². The van der Waals surface area contributed by atoms with Gasteiger partial charge in [-0.25, -0.2) is 0 Å². The zero-order valence-corrected chi connectivity index (χ0v) is 13.3. The van der Waals surface area contributed by atoms with Crippen LogP contribution in [0.2, 0.25) is 0 Å². The number of benzene rings is 1. The SMILES string of the molecule is CNCCCN.Cc1cc(NC=S)c(C)cc1CC#N. The fourth-order valence-electron chi connectivity index (χ4n) is 1.65. The molecule has 110 valence electrons. The standard InChI is InChI=1S/C11H12N2S.C4H12N2/c1-8-6-11(13-7-14)9(2)5-10(8)3-4-12;1-6-4-2-3-5/h5-7H,3H2,1-2H3,(H,13,14);6H,2-5H2,1H3. The van der Waals surface area contributed by atoms with Gasteiger partial charge in [0.15, 0.2) is 0 Å². The van der Waals surface area contributed by atoms with E-state index >= 15 is 0 Å². The number of nitriles is 1. The Bertz CT molecular complexity index is 448. The van der Waals surface area contributed by atoms with E-state index in [9.17, 15) is 0 Å². The second-order valence-corrected chi connectivity index (χ2v) is 4.67. The first-order chi connectivity index (χ1) is 9.60. The predicted molar refractivity (Wildman–Crippen MR) is 90.1 cm³/mol. The molecule has 1 rings (SSSR count). The van der Waals surface area contributed by atoms with Crippen molar-refractivity contribution < 1.29 is 0 Å². The molecule has 0 heterocycles. The minimum absolute atomic E-state index is 0.463. The Morgan fingerprint density at radius 1 is 1.35 bits per heavy atom. The molecule has 20 heavy (non-hydrogen) atoms. The van der Waals surface area contributed by atoms with Gasteiger partial charge in [0.25, 0.3) is 0 Å². The molecule has 0 aliphatic rings. The van der Waals surface area contributed by atoms with Crippen molar-refractivity contribution in [1.82, 2.24) is 5.32 Å². The van der Waals surface area contributed by atoms with Crippen LogP contribution < -0.4 is 16.4 Å². The van der Waals surface area contributed by atoms with Crippen molar-refractivity contribution >= 4 is 23.4 Å². The highest BCUT2D eigenvalue weighted by atomic mass is 32.1. The van der Waals surface area contributed by atoms with Gasteiger partial charge in [-0.15, -0.1) is 0 Å². The molecule has 0 aromatic heterocycles. The van der Waals surface area contributed by atoms with Gasteiger partial charge in [0.2, 0.25) is 0 Å². The normalized spacial score (nSPS) is 9.15. The summed E-state index contributed by atoms with van der Waals surface area (Å²) in [5.74, 6) is 0. The first-order valence-corrected chi connectivity index (χ1v) is 7.09. The summed E-state index contributed by atoms with van der Waals surface area (Å²) in [6.07, 6.45) is 1.54. The summed E-state index contributed by atoms with van der Waals surface area (Å²) in [5.41, 5.74) is 11.0. The molecule has 5 heteroatoms. The van der Waals surface area contributed by atoms with E-state index in [-0.39, 0.29) is 0 Å². The van der Waals surface area contributed by atoms with E-state index in [2.05, 4.69) is 16.7 Å². The third-order valence-corrected chi connectivity index (χ3v) is 2.92. The molecule has 0 spiro atoms. The van der Waals surface area contributed by atoms with Crippen molar-refractivity contribution in [1.29, 1.82) is 5.26 Å². The van der Waals surface area contributed by atoms with Crippen molar-refractivity contribution in [3.8, 4) is 6.07 Å². The molecule has 0 bridgehead atoms. The minimum atomic E-state index is 0.463. The Morgan fingerprint density at radius 2 is 2.05 bits per heavy atom. The minimum Gasteiger partial charge on any atom is -0.352 e. The summed E-state index contributed by atoms with van der Waals surface area (Å²) in [6.45, 7) is 5.83. The van der Waals surface area contributed by atoms with Crippen LogP contribution in [0.3, 0.4) is 0 Å². The van der Waals surface area contributed by atoms with Crippen molar-refractivity contribution in [2.24, 2.45) is 5.73 Å². The molecule has 0 amide bonds. The average Bonchev–Trinajstić information content (AvgIpc) is 2.43. The van der Waals surface area contributed by atoms with Crippen LogP contribution >= 0.6 is 12.2 Å². The van der Waals surface area contributed by atoms with Gasteiger partial charge in [0, 0.05) is 5.69 Å². The molecule has 4 nitrogen and oxygen atoms in total. The van der Waals surface area contributed by atoms with Crippen LogP contribution in [0, 0.1) is 25.2 Å². The topological polar surface area (TPSA) is 73.9 Å². The lowest BCUT2D eigenvalue weighted by atomic mass is 10.0. The van der Waals surface area contributed by atoms with E-state index in [1.807, 2.05) is 33.0 Å². The van der Waals surface area contributed by atoms with Gasteiger partial charge in [0.1, 0.15) is 0 Å². The first-order valence-electron chi connectivity index (χ1n) is 6.62. The summed E-state index contributed by atoms with van der Waals surface area (Å²) in [7, 11) is 1.93. The highest BCUT2D eigenvalue weighted by molar-refractivity contribution is 7.79. The van der Waals surface area contributed by atoms with E-state index in [0.717, 1.165) is 41.9 Å². The fraction of sp³-hybridized carbons (Fsp3) is 0.467. The molecular weight excluding hydrogens is 268 g/mol. The average molecular weight is 292 g/mol. The third kappa shape index (κ3) is 7.19. The molecule has 0 atom stereocenters. The molecule has 1 aromatic rings. The lowest BCUT2D eigenvalue weighted by Gasteiger charge is -2.09. The molecule has 0 radical (unpaired) electrons. The number of nitrogens with zero attached hydrogens (tertiary/aromatic N) is 1. The summed E-state index contributed by atoms with van der Waals surface area (Å²) in [6, 6.07) is 6.20. The monoisotopic (exact) mass is 292 g/mol. The molecule has 0 aliphatic heterocycles. The Kier molecular flexibility index (Phi) is 10.5. The maximum absolute atomic E-state index is 8.62. The molecule has 4 N–H and O–H groups in total. The van der Waals surface area contributed by atoms with Crippen LogP contribution in [-0.2, 0) is 6.42 Å². The quantitative estimate of drug-likeness (QED) is 0.554. The molecule has 0 unspecified atom stereocenters. The largest absolute Gasteiger partial charge is 0.352 e. The third-order valence-electron chi connectivity index (χ3n) is 2.80. The zero-order valence-electron chi connectivity index (χ0n) is 12.5. The smallest absolute Gasteiger partial charge is 0.0669 e. The van der Waals surface area contributed by atoms with Crippen LogP contribution in [0.15, 0.2) is 12.1 Å². The van der Waals surface area contributed by atoms with E-state index in [4.69, 9.17) is 23.2 Å². The van der Waals surface area contributed by atoms with Gasteiger partial charge >= 0.3 is 0 Å². The maximum atomic E-state index is 8.62. The Balaban J connectivity index is 0.000000511. The summed E-state index contributed by atoms with van der Waals surface area (Å²) >= 11 is 4.73. The molecular formula is C15H24N4S. The van der Waals surface area contributed by atoms with Crippen molar-refractivity contribution in [2.45, 2.75) is 26.7 Å². The van der Waals surface area contributed by atoms with Crippen LogP contribution in [0.5, 0.6) is 0 Å². The Morgan fingerprint density at radius 3 is 2.50 bits per heavy atom. The van der Waals surface area contributed by atoms with Crippen molar-refractivity contribution in [2.75, 3.05) is 25.5 Å². The molecule has 0 saturated carbocycles. The lowest BCUT2D eigenvalue weighted by molar-refractivity contribution is 0.733. The van der Waals surface area contributed by atoms with Gasteiger partial charge in [0.05, 0.1) is 18.0 Å².